The molecule has 2 aromatic carbocycles. The van der Waals surface area contributed by atoms with Crippen molar-refractivity contribution in [2.45, 2.75) is 147 Å². The van der Waals surface area contributed by atoms with E-state index in [1.807, 2.05) is 68.1 Å². The van der Waals surface area contributed by atoms with Crippen LogP contribution in [0.4, 0.5) is 4.39 Å². The van der Waals surface area contributed by atoms with Gasteiger partial charge in [-0.1, -0.05) is 68.8 Å². The van der Waals surface area contributed by atoms with Gasteiger partial charge in [0.05, 0.1) is 12.6 Å². The normalized spacial score (nSPS) is 19.6. The zero-order valence-corrected chi connectivity index (χ0v) is 36.1. The molecule has 0 bridgehead atoms. The van der Waals surface area contributed by atoms with Crippen LogP contribution in [-0.4, -0.2) is 50.3 Å². The lowest BCUT2D eigenvalue weighted by Gasteiger charge is -2.28. The highest BCUT2D eigenvalue weighted by molar-refractivity contribution is 6.17. The molecule has 2 aliphatic rings. The van der Waals surface area contributed by atoms with E-state index in [0.717, 1.165) is 91.7 Å². The average molecular weight is 824 g/mol. The third kappa shape index (κ3) is 14.5. The molecule has 7 nitrogen and oxygen atoms in total. The number of benzene rings is 2. The van der Waals surface area contributed by atoms with Crippen molar-refractivity contribution in [3.05, 3.63) is 118 Å². The first-order valence-electron chi connectivity index (χ1n) is 22.3. The van der Waals surface area contributed by atoms with Gasteiger partial charge in [-0.05, 0) is 147 Å². The second kappa shape index (κ2) is 24.8. The Bertz CT molecular complexity index is 1840. The number of alkyl halides is 2. The van der Waals surface area contributed by atoms with Crippen LogP contribution in [-0.2, 0) is 28.9 Å². The number of carbonyl (C=O) groups is 3. The second-order valence-corrected chi connectivity index (χ2v) is 17.1. The monoisotopic (exact) mass is 822 g/mol. The average Bonchev–Trinajstić information content (AvgIpc) is 3.29. The minimum atomic E-state index is -0.393. The van der Waals surface area contributed by atoms with Crippen LogP contribution in [0, 0.1) is 11.8 Å². The van der Waals surface area contributed by atoms with E-state index in [9.17, 15) is 18.8 Å². The number of Topliss-reactive ketones (excluding diaryl/α,β-unsaturated/α-hetero) is 2. The highest BCUT2D eigenvalue weighted by Gasteiger charge is 2.25. The topological polar surface area (TPSA) is 103 Å². The van der Waals surface area contributed by atoms with Gasteiger partial charge in [-0.3, -0.25) is 14.0 Å². The molecule has 4 aromatic rings. The number of aldehydes is 1. The summed E-state index contributed by atoms with van der Waals surface area (Å²) < 4.78 is 12.3. The van der Waals surface area contributed by atoms with E-state index >= 15 is 0 Å². The zero-order chi connectivity index (χ0) is 41.8. The maximum absolute atomic E-state index is 12.6. The van der Waals surface area contributed by atoms with Crippen molar-refractivity contribution in [2.75, 3.05) is 12.6 Å². The van der Waals surface area contributed by atoms with Crippen LogP contribution in [0.25, 0.3) is 0 Å². The van der Waals surface area contributed by atoms with E-state index in [1.165, 1.54) is 43.2 Å². The summed E-state index contributed by atoms with van der Waals surface area (Å²) in [6, 6.07) is 16.0. The molecule has 1 atom stereocenters. The molecule has 0 amide bonds. The summed E-state index contributed by atoms with van der Waals surface area (Å²) in [5.74, 6) is 3.97. The number of hydrogen-bond acceptors (Lipinski definition) is 7. The van der Waals surface area contributed by atoms with Gasteiger partial charge in [0.25, 0.3) is 0 Å². The van der Waals surface area contributed by atoms with Crippen molar-refractivity contribution in [1.29, 1.82) is 0 Å². The van der Waals surface area contributed by atoms with Crippen LogP contribution in [0.3, 0.4) is 0 Å². The Hall–Kier alpha value is -4.17. The summed E-state index contributed by atoms with van der Waals surface area (Å²) in [5, 5.41) is 0. The highest BCUT2D eigenvalue weighted by Crippen LogP contribution is 2.38. The van der Waals surface area contributed by atoms with Crippen LogP contribution in [0.15, 0.2) is 73.3 Å². The molecular formula is C50H64ClFN4O3. The summed E-state index contributed by atoms with van der Waals surface area (Å²) in [6.07, 6.45) is 26.3. The van der Waals surface area contributed by atoms with Gasteiger partial charge >= 0.3 is 0 Å². The van der Waals surface area contributed by atoms with Gasteiger partial charge < -0.3 is 4.79 Å². The van der Waals surface area contributed by atoms with Crippen LogP contribution in [0.5, 0.6) is 0 Å². The van der Waals surface area contributed by atoms with E-state index < -0.39 is 5.92 Å². The predicted octanol–water partition coefficient (Wildman–Crippen LogP) is 11.9. The number of rotatable bonds is 20. The highest BCUT2D eigenvalue weighted by atomic mass is 35.5. The van der Waals surface area contributed by atoms with Gasteiger partial charge in [0.2, 0.25) is 5.78 Å². The number of halogens is 2. The minimum Gasteiger partial charge on any atom is -0.302 e. The van der Waals surface area contributed by atoms with Crippen molar-refractivity contribution in [3.8, 4) is 0 Å². The first-order chi connectivity index (χ1) is 28.8. The molecule has 2 aromatic heterocycles. The lowest BCUT2D eigenvalue weighted by atomic mass is 9.77. The smallest absolute Gasteiger partial charge is 0.204 e. The summed E-state index contributed by atoms with van der Waals surface area (Å²) in [5.41, 5.74) is 6.58. The van der Waals surface area contributed by atoms with E-state index in [-0.39, 0.29) is 24.7 Å². The summed E-state index contributed by atoms with van der Waals surface area (Å²) >= 11 is 5.82. The van der Waals surface area contributed by atoms with Crippen molar-refractivity contribution < 1.29 is 18.8 Å². The van der Waals surface area contributed by atoms with Gasteiger partial charge in [-0.15, -0.1) is 11.6 Å². The van der Waals surface area contributed by atoms with Crippen molar-refractivity contribution >= 4 is 29.5 Å². The zero-order valence-electron chi connectivity index (χ0n) is 35.3. The Morgan fingerprint density at radius 2 is 1.24 bits per heavy atom. The molecule has 6 rings (SSSR count). The third-order valence-electron chi connectivity index (χ3n) is 12.5. The number of aromatic nitrogens is 4. The number of aryl methyl sites for hydroxylation is 2. The molecule has 2 saturated carbocycles. The molecule has 2 heterocycles. The minimum absolute atomic E-state index is 0.0904. The number of hydrogen-bond donors (Lipinski definition) is 0. The molecule has 0 N–H and O–H groups in total. The Morgan fingerprint density at radius 1 is 0.712 bits per heavy atom. The van der Waals surface area contributed by atoms with Gasteiger partial charge in [0.15, 0.2) is 5.82 Å². The number of nitrogens with zero attached hydrogens (tertiary/aromatic N) is 4. The van der Waals surface area contributed by atoms with E-state index in [4.69, 9.17) is 11.6 Å². The third-order valence-corrected chi connectivity index (χ3v) is 12.8. The lowest BCUT2D eigenvalue weighted by molar-refractivity contribution is -0.119. The molecular weight excluding hydrogens is 759 g/mol. The summed E-state index contributed by atoms with van der Waals surface area (Å²) in [4.78, 5) is 53.7. The molecule has 1 unspecified atom stereocenters. The first kappa shape index (κ1) is 45.9. The SMILES string of the molecule is CCC(=O)CCC1CCC(c2cnc(C(=O)Cc3ccc(CCCF)cc3)nc2)CC1.CCCc1ccc(C(C=O)c2ncc(C3CCC(CCCCl)CC3)cn2)cc1. The number of carbonyl (C=O) groups excluding carboxylic acids is 3. The van der Waals surface area contributed by atoms with Crippen molar-refractivity contribution in [2.24, 2.45) is 11.8 Å². The lowest BCUT2D eigenvalue weighted by Crippen LogP contribution is -2.16. The standard InChI is InChI=1S/C26H33FN2O2.C24H31ClN2O/c1-2-24(30)14-11-20-9-12-22(13-10-20)23-17-28-26(29-18-23)25(31)16-21-7-5-19(6-8-21)4-3-15-27;1-2-4-18-8-12-21(13-9-18)23(17-28)24-26-15-22(16-27-24)20-10-6-19(7-11-20)5-3-14-25/h5-8,17-18,20,22H,2-4,9-16H2,1H3;8-9,12-13,15-17,19-20,23H,2-7,10-11,14H2,1H3. The van der Waals surface area contributed by atoms with Gasteiger partial charge in [-0.25, -0.2) is 19.9 Å². The van der Waals surface area contributed by atoms with Gasteiger partial charge in [0.1, 0.15) is 17.9 Å². The van der Waals surface area contributed by atoms with Gasteiger partial charge in [-0.2, -0.15) is 0 Å². The maximum Gasteiger partial charge on any atom is 0.204 e. The van der Waals surface area contributed by atoms with Crippen molar-refractivity contribution in [3.63, 3.8) is 0 Å². The fourth-order valence-corrected chi connectivity index (χ4v) is 8.87. The predicted molar refractivity (Wildman–Crippen MR) is 235 cm³/mol. The van der Waals surface area contributed by atoms with E-state index in [1.54, 1.807) is 0 Å². The summed E-state index contributed by atoms with van der Waals surface area (Å²) in [6.45, 7) is 3.79. The van der Waals surface area contributed by atoms with E-state index in [2.05, 4.69) is 39.0 Å². The summed E-state index contributed by atoms with van der Waals surface area (Å²) in [7, 11) is 0. The fraction of sp³-hybridized carbons (Fsp3) is 0.540. The van der Waals surface area contributed by atoms with Crippen LogP contribution >= 0.6 is 11.6 Å². The second-order valence-electron chi connectivity index (χ2n) is 16.7. The number of ketones is 2. The first-order valence-corrected chi connectivity index (χ1v) is 22.8. The molecule has 59 heavy (non-hydrogen) atoms. The molecule has 2 aliphatic carbocycles. The van der Waals surface area contributed by atoms with Crippen LogP contribution < -0.4 is 0 Å². The van der Waals surface area contributed by atoms with Crippen molar-refractivity contribution in [1.82, 2.24) is 19.9 Å². The Morgan fingerprint density at radius 3 is 1.76 bits per heavy atom. The van der Waals surface area contributed by atoms with Crippen LogP contribution in [0.1, 0.15) is 178 Å². The molecule has 2 fully saturated rings. The fourth-order valence-electron chi connectivity index (χ4n) is 8.72. The molecule has 9 heteroatoms. The van der Waals surface area contributed by atoms with E-state index in [0.29, 0.717) is 55.0 Å². The maximum atomic E-state index is 12.6. The molecule has 316 valence electrons. The van der Waals surface area contributed by atoms with Gasteiger partial charge in [0, 0.05) is 49.9 Å². The molecule has 0 spiro atoms. The molecule has 0 radical (unpaired) electrons. The Labute approximate surface area is 356 Å². The molecule has 0 saturated heterocycles. The Balaban J connectivity index is 0.000000225. The largest absolute Gasteiger partial charge is 0.302 e. The molecule has 0 aliphatic heterocycles. The quantitative estimate of drug-likeness (QED) is 0.0497. The van der Waals surface area contributed by atoms with Crippen LogP contribution in [0.2, 0.25) is 0 Å². The Kier molecular flexibility index (Phi) is 19.3.